The van der Waals surface area contributed by atoms with Gasteiger partial charge in [-0.1, -0.05) is 13.8 Å². The molecule has 2 aliphatic rings. The van der Waals surface area contributed by atoms with Crippen LogP contribution in [0.3, 0.4) is 0 Å². The van der Waals surface area contributed by atoms with Crippen molar-refractivity contribution in [2.24, 2.45) is 5.92 Å². The largest absolute Gasteiger partial charge is 0.365 e. The molecule has 0 saturated carbocycles. The van der Waals surface area contributed by atoms with E-state index in [1.165, 1.54) is 19.4 Å². The Balaban J connectivity index is 1.89. The van der Waals surface area contributed by atoms with Gasteiger partial charge in [0.15, 0.2) is 0 Å². The molecule has 20 heavy (non-hydrogen) atoms. The SMILES string of the molecule is CC(C)C1CN2CCCC2CN1c1ccc(F)c(Br)c1. The van der Waals surface area contributed by atoms with Gasteiger partial charge < -0.3 is 4.90 Å². The van der Waals surface area contributed by atoms with Gasteiger partial charge in [-0.05, 0) is 59.4 Å². The Morgan fingerprint density at radius 3 is 2.80 bits per heavy atom. The summed E-state index contributed by atoms with van der Waals surface area (Å²) in [5.41, 5.74) is 1.14. The van der Waals surface area contributed by atoms with Crippen molar-refractivity contribution in [2.75, 3.05) is 24.5 Å². The number of nitrogens with zero attached hydrogens (tertiary/aromatic N) is 2. The first kappa shape index (κ1) is 14.3. The lowest BCUT2D eigenvalue weighted by Gasteiger charge is -2.47. The molecule has 2 fully saturated rings. The van der Waals surface area contributed by atoms with E-state index in [-0.39, 0.29) is 5.82 Å². The number of fused-ring (bicyclic) bond motifs is 1. The highest BCUT2D eigenvalue weighted by molar-refractivity contribution is 9.10. The van der Waals surface area contributed by atoms with E-state index in [2.05, 4.69) is 39.6 Å². The molecule has 4 heteroatoms. The van der Waals surface area contributed by atoms with E-state index < -0.39 is 0 Å². The van der Waals surface area contributed by atoms with E-state index in [1.54, 1.807) is 6.07 Å². The van der Waals surface area contributed by atoms with Crippen molar-refractivity contribution in [3.05, 3.63) is 28.5 Å². The molecule has 0 N–H and O–H groups in total. The van der Waals surface area contributed by atoms with Gasteiger partial charge in [-0.2, -0.15) is 0 Å². The summed E-state index contributed by atoms with van der Waals surface area (Å²) in [6, 6.07) is 6.60. The molecule has 0 bridgehead atoms. The highest BCUT2D eigenvalue weighted by atomic mass is 79.9. The molecule has 2 nitrogen and oxygen atoms in total. The summed E-state index contributed by atoms with van der Waals surface area (Å²) in [5, 5.41) is 0. The molecule has 2 heterocycles. The van der Waals surface area contributed by atoms with Gasteiger partial charge in [-0.3, -0.25) is 4.90 Å². The number of piperazine rings is 1. The Morgan fingerprint density at radius 1 is 1.30 bits per heavy atom. The summed E-state index contributed by atoms with van der Waals surface area (Å²) in [6.07, 6.45) is 2.61. The lowest BCUT2D eigenvalue weighted by molar-refractivity contribution is 0.176. The number of anilines is 1. The summed E-state index contributed by atoms with van der Waals surface area (Å²) >= 11 is 3.31. The average molecular weight is 341 g/mol. The first-order chi connectivity index (χ1) is 9.56. The van der Waals surface area contributed by atoms with Crippen molar-refractivity contribution in [3.63, 3.8) is 0 Å². The zero-order valence-corrected chi connectivity index (χ0v) is 13.7. The Hall–Kier alpha value is -0.610. The molecule has 0 aliphatic carbocycles. The summed E-state index contributed by atoms with van der Waals surface area (Å²) in [5.74, 6) is 0.412. The number of rotatable bonds is 2. The van der Waals surface area contributed by atoms with Crippen LogP contribution in [0.5, 0.6) is 0 Å². The highest BCUT2D eigenvalue weighted by Gasteiger charge is 2.37. The van der Waals surface area contributed by atoms with Crippen LogP contribution in [0.4, 0.5) is 10.1 Å². The third-order valence-corrected chi connectivity index (χ3v) is 5.34. The molecule has 110 valence electrons. The van der Waals surface area contributed by atoms with Gasteiger partial charge in [0.1, 0.15) is 5.82 Å². The van der Waals surface area contributed by atoms with E-state index in [9.17, 15) is 4.39 Å². The third-order valence-electron chi connectivity index (χ3n) is 4.73. The predicted molar refractivity (Wildman–Crippen MR) is 84.7 cm³/mol. The molecule has 2 aliphatic heterocycles. The molecule has 2 unspecified atom stereocenters. The number of hydrogen-bond donors (Lipinski definition) is 0. The quantitative estimate of drug-likeness (QED) is 0.805. The molecule has 2 atom stereocenters. The van der Waals surface area contributed by atoms with Crippen molar-refractivity contribution in [1.29, 1.82) is 0 Å². The van der Waals surface area contributed by atoms with E-state index >= 15 is 0 Å². The number of benzene rings is 1. The van der Waals surface area contributed by atoms with Crippen LogP contribution < -0.4 is 4.90 Å². The maximum Gasteiger partial charge on any atom is 0.137 e. The minimum absolute atomic E-state index is 0.186. The molecule has 3 rings (SSSR count). The zero-order valence-electron chi connectivity index (χ0n) is 12.1. The number of hydrogen-bond acceptors (Lipinski definition) is 2. The van der Waals surface area contributed by atoms with Crippen LogP contribution in [0.15, 0.2) is 22.7 Å². The molecule has 0 radical (unpaired) electrons. The van der Waals surface area contributed by atoms with Gasteiger partial charge in [0, 0.05) is 30.9 Å². The zero-order chi connectivity index (χ0) is 14.3. The van der Waals surface area contributed by atoms with Crippen LogP contribution in [0.1, 0.15) is 26.7 Å². The van der Waals surface area contributed by atoms with Crippen LogP contribution in [0.25, 0.3) is 0 Å². The van der Waals surface area contributed by atoms with Crippen LogP contribution in [0.2, 0.25) is 0 Å². The Kier molecular flexibility index (Phi) is 4.04. The monoisotopic (exact) mass is 340 g/mol. The fourth-order valence-corrected chi connectivity index (χ4v) is 3.94. The summed E-state index contributed by atoms with van der Waals surface area (Å²) in [4.78, 5) is 5.13. The van der Waals surface area contributed by atoms with E-state index in [0.717, 1.165) is 18.8 Å². The lowest BCUT2D eigenvalue weighted by atomic mass is 9.96. The summed E-state index contributed by atoms with van der Waals surface area (Å²) in [7, 11) is 0. The lowest BCUT2D eigenvalue weighted by Crippen LogP contribution is -2.58. The van der Waals surface area contributed by atoms with Crippen LogP contribution in [-0.4, -0.2) is 36.6 Å². The first-order valence-corrected chi connectivity index (χ1v) is 8.31. The molecule has 2 saturated heterocycles. The van der Waals surface area contributed by atoms with Crippen molar-refractivity contribution in [1.82, 2.24) is 4.90 Å². The maximum absolute atomic E-state index is 13.5. The standard InChI is InChI=1S/C16H22BrFN2/c1-11(2)16-10-19-7-3-4-13(19)9-20(16)12-5-6-15(18)14(17)8-12/h5-6,8,11,13,16H,3-4,7,9-10H2,1-2H3. The number of halogens is 2. The molecule has 1 aromatic carbocycles. The molecule has 1 aromatic rings. The molecular formula is C16H22BrFN2. The fraction of sp³-hybridized carbons (Fsp3) is 0.625. The third kappa shape index (κ3) is 2.60. The molecule has 0 aromatic heterocycles. The van der Waals surface area contributed by atoms with Gasteiger partial charge in [0.2, 0.25) is 0 Å². The van der Waals surface area contributed by atoms with Gasteiger partial charge in [-0.25, -0.2) is 4.39 Å². The minimum atomic E-state index is -0.186. The van der Waals surface area contributed by atoms with Gasteiger partial charge in [0.25, 0.3) is 0 Å². The molecule has 0 amide bonds. The second-order valence-electron chi connectivity index (χ2n) is 6.35. The Labute approximate surface area is 129 Å². The fourth-order valence-electron chi connectivity index (χ4n) is 3.57. The van der Waals surface area contributed by atoms with E-state index in [4.69, 9.17) is 0 Å². The Morgan fingerprint density at radius 2 is 2.10 bits per heavy atom. The summed E-state index contributed by atoms with van der Waals surface area (Å²) in [6.45, 7) is 8.02. The van der Waals surface area contributed by atoms with Crippen molar-refractivity contribution >= 4 is 21.6 Å². The van der Waals surface area contributed by atoms with Gasteiger partial charge >= 0.3 is 0 Å². The van der Waals surface area contributed by atoms with Crippen molar-refractivity contribution < 1.29 is 4.39 Å². The first-order valence-electron chi connectivity index (χ1n) is 7.52. The van der Waals surface area contributed by atoms with Crippen LogP contribution >= 0.6 is 15.9 Å². The van der Waals surface area contributed by atoms with Crippen LogP contribution in [-0.2, 0) is 0 Å². The predicted octanol–water partition coefficient (Wildman–Crippen LogP) is 3.90. The smallest absolute Gasteiger partial charge is 0.137 e. The second kappa shape index (κ2) is 5.64. The van der Waals surface area contributed by atoms with Crippen LogP contribution in [0, 0.1) is 11.7 Å². The Bertz CT molecular complexity index is 491. The molecule has 0 spiro atoms. The average Bonchev–Trinajstić information content (AvgIpc) is 2.87. The topological polar surface area (TPSA) is 6.48 Å². The van der Waals surface area contributed by atoms with Crippen molar-refractivity contribution in [3.8, 4) is 0 Å². The van der Waals surface area contributed by atoms with Gasteiger partial charge in [-0.15, -0.1) is 0 Å². The van der Waals surface area contributed by atoms with E-state index in [0.29, 0.717) is 22.5 Å². The van der Waals surface area contributed by atoms with E-state index in [1.807, 2.05) is 12.1 Å². The maximum atomic E-state index is 13.5. The van der Waals surface area contributed by atoms with Gasteiger partial charge in [0.05, 0.1) is 4.47 Å². The van der Waals surface area contributed by atoms with Crippen molar-refractivity contribution in [2.45, 2.75) is 38.8 Å². The molecular weight excluding hydrogens is 319 g/mol. The minimum Gasteiger partial charge on any atom is -0.365 e. The highest BCUT2D eigenvalue weighted by Crippen LogP contribution is 2.33. The summed E-state index contributed by atoms with van der Waals surface area (Å²) < 4.78 is 14.0. The normalized spacial score (nSPS) is 27.1. The second-order valence-corrected chi connectivity index (χ2v) is 7.21.